The van der Waals surface area contributed by atoms with E-state index in [4.69, 9.17) is 9.84 Å². The molecule has 20 heavy (non-hydrogen) atoms. The standard InChI is InChI=1S/C14H16O6/c1-2-20-14(19)10-7-3-5-9(6-4-8-15)11(10)12(16)13(17)18/h3,5,7-8,12,16H,2,4,6H2,1H3,(H,17,18). The normalized spacial score (nSPS) is 11.7. The van der Waals surface area contributed by atoms with Crippen molar-refractivity contribution in [1.82, 2.24) is 0 Å². The zero-order valence-corrected chi connectivity index (χ0v) is 11.0. The molecule has 1 aromatic carbocycles. The minimum absolute atomic E-state index is 0.00477. The molecular formula is C14H16O6. The van der Waals surface area contributed by atoms with Gasteiger partial charge in [0, 0.05) is 12.0 Å². The Morgan fingerprint density at radius 2 is 2.10 bits per heavy atom. The number of aliphatic hydroxyl groups is 1. The molecule has 0 heterocycles. The number of aliphatic carboxylic acids is 1. The van der Waals surface area contributed by atoms with Crippen LogP contribution in [0.3, 0.4) is 0 Å². The summed E-state index contributed by atoms with van der Waals surface area (Å²) >= 11 is 0. The Bertz CT molecular complexity index is 508. The van der Waals surface area contributed by atoms with Crippen molar-refractivity contribution in [1.29, 1.82) is 0 Å². The predicted octanol–water partition coefficient (Wildman–Crippen LogP) is 1.11. The van der Waals surface area contributed by atoms with Crippen LogP contribution in [-0.4, -0.2) is 35.0 Å². The van der Waals surface area contributed by atoms with Crippen molar-refractivity contribution >= 4 is 18.2 Å². The fourth-order valence-corrected chi connectivity index (χ4v) is 1.88. The highest BCUT2D eigenvalue weighted by molar-refractivity contribution is 5.93. The summed E-state index contributed by atoms with van der Waals surface area (Å²) < 4.78 is 4.85. The highest BCUT2D eigenvalue weighted by Crippen LogP contribution is 2.25. The van der Waals surface area contributed by atoms with E-state index < -0.39 is 18.0 Å². The number of aldehydes is 1. The third-order valence-electron chi connectivity index (χ3n) is 2.73. The lowest BCUT2D eigenvalue weighted by molar-refractivity contribution is -0.147. The molecule has 0 bridgehead atoms. The lowest BCUT2D eigenvalue weighted by atomic mass is 9.93. The van der Waals surface area contributed by atoms with Crippen LogP contribution < -0.4 is 0 Å². The van der Waals surface area contributed by atoms with Crippen molar-refractivity contribution in [2.24, 2.45) is 0 Å². The van der Waals surface area contributed by atoms with E-state index >= 15 is 0 Å². The van der Waals surface area contributed by atoms with Gasteiger partial charge in [0.05, 0.1) is 12.2 Å². The number of hydrogen-bond donors (Lipinski definition) is 2. The maximum atomic E-state index is 11.8. The summed E-state index contributed by atoms with van der Waals surface area (Å²) in [4.78, 5) is 33.3. The number of carbonyl (C=O) groups is 3. The Morgan fingerprint density at radius 1 is 1.40 bits per heavy atom. The average molecular weight is 280 g/mol. The third kappa shape index (κ3) is 3.64. The summed E-state index contributed by atoms with van der Waals surface area (Å²) in [6, 6.07) is 4.53. The summed E-state index contributed by atoms with van der Waals surface area (Å²) in [5.41, 5.74) is 0.433. The second-order valence-electron chi connectivity index (χ2n) is 4.04. The monoisotopic (exact) mass is 280 g/mol. The number of carboxylic acid groups (broad SMARTS) is 1. The topological polar surface area (TPSA) is 101 Å². The number of ether oxygens (including phenoxy) is 1. The third-order valence-corrected chi connectivity index (χ3v) is 2.73. The lowest BCUT2D eigenvalue weighted by Crippen LogP contribution is -2.18. The molecule has 1 atom stereocenters. The van der Waals surface area contributed by atoms with Crippen molar-refractivity contribution < 1.29 is 29.3 Å². The van der Waals surface area contributed by atoms with Crippen molar-refractivity contribution in [2.75, 3.05) is 6.61 Å². The van der Waals surface area contributed by atoms with Gasteiger partial charge in [0.25, 0.3) is 0 Å². The Morgan fingerprint density at radius 3 is 2.65 bits per heavy atom. The van der Waals surface area contributed by atoms with Crippen molar-refractivity contribution in [3.63, 3.8) is 0 Å². The SMILES string of the molecule is CCOC(=O)c1cccc(CCC=O)c1C(O)C(=O)O. The molecule has 0 saturated heterocycles. The van der Waals surface area contributed by atoms with E-state index in [-0.39, 0.29) is 30.6 Å². The highest BCUT2D eigenvalue weighted by atomic mass is 16.5. The van der Waals surface area contributed by atoms with Crippen LogP contribution in [-0.2, 0) is 20.7 Å². The maximum Gasteiger partial charge on any atom is 0.338 e. The van der Waals surface area contributed by atoms with E-state index in [2.05, 4.69) is 0 Å². The Hall–Kier alpha value is -2.21. The first kappa shape index (κ1) is 15.8. The number of aryl methyl sites for hydroxylation is 1. The van der Waals surface area contributed by atoms with Gasteiger partial charge in [0.2, 0.25) is 0 Å². The van der Waals surface area contributed by atoms with Gasteiger partial charge in [-0.2, -0.15) is 0 Å². The molecule has 1 rings (SSSR count). The van der Waals surface area contributed by atoms with Gasteiger partial charge in [-0.1, -0.05) is 12.1 Å². The van der Waals surface area contributed by atoms with Gasteiger partial charge in [-0.05, 0) is 25.0 Å². The number of hydrogen-bond acceptors (Lipinski definition) is 5. The van der Waals surface area contributed by atoms with Crippen LogP contribution in [0.5, 0.6) is 0 Å². The molecule has 0 fully saturated rings. The van der Waals surface area contributed by atoms with Gasteiger partial charge in [0.15, 0.2) is 6.10 Å². The number of esters is 1. The molecule has 1 unspecified atom stereocenters. The van der Waals surface area contributed by atoms with Crippen LogP contribution in [0.1, 0.15) is 40.9 Å². The molecule has 0 aliphatic rings. The van der Waals surface area contributed by atoms with E-state index in [1.54, 1.807) is 19.1 Å². The fourth-order valence-electron chi connectivity index (χ4n) is 1.88. The smallest absolute Gasteiger partial charge is 0.338 e. The van der Waals surface area contributed by atoms with Crippen LogP contribution in [0.15, 0.2) is 18.2 Å². The van der Waals surface area contributed by atoms with Crippen LogP contribution in [0.25, 0.3) is 0 Å². The molecule has 0 radical (unpaired) electrons. The first-order valence-electron chi connectivity index (χ1n) is 6.16. The predicted molar refractivity (Wildman–Crippen MR) is 69.4 cm³/mol. The first-order chi connectivity index (χ1) is 9.52. The summed E-state index contributed by atoms with van der Waals surface area (Å²) in [6.45, 7) is 1.77. The first-order valence-corrected chi connectivity index (χ1v) is 6.16. The van der Waals surface area contributed by atoms with Gasteiger partial charge in [-0.15, -0.1) is 0 Å². The largest absolute Gasteiger partial charge is 0.479 e. The molecule has 1 aromatic rings. The molecule has 0 amide bonds. The van der Waals surface area contributed by atoms with E-state index in [1.807, 2.05) is 0 Å². The Labute approximate surface area is 116 Å². The zero-order valence-electron chi connectivity index (χ0n) is 11.0. The van der Waals surface area contributed by atoms with Crippen LogP contribution in [0.2, 0.25) is 0 Å². The molecule has 0 aliphatic heterocycles. The summed E-state index contributed by atoms with van der Waals surface area (Å²) in [5, 5.41) is 18.7. The lowest BCUT2D eigenvalue weighted by Gasteiger charge is -2.16. The van der Waals surface area contributed by atoms with Crippen molar-refractivity contribution in [3.8, 4) is 0 Å². The summed E-state index contributed by atoms with van der Waals surface area (Å²) in [5.74, 6) is -2.16. The van der Waals surface area contributed by atoms with Gasteiger partial charge in [-0.25, -0.2) is 9.59 Å². The summed E-state index contributed by atoms with van der Waals surface area (Å²) in [7, 11) is 0. The maximum absolute atomic E-state index is 11.8. The minimum Gasteiger partial charge on any atom is -0.479 e. The number of rotatable bonds is 7. The van der Waals surface area contributed by atoms with Gasteiger partial charge in [0.1, 0.15) is 6.29 Å². The Balaban J connectivity index is 3.31. The van der Waals surface area contributed by atoms with Gasteiger partial charge >= 0.3 is 11.9 Å². The van der Waals surface area contributed by atoms with Crippen LogP contribution >= 0.6 is 0 Å². The molecule has 0 aromatic heterocycles. The molecular weight excluding hydrogens is 264 g/mol. The van der Waals surface area contributed by atoms with Crippen LogP contribution in [0.4, 0.5) is 0 Å². The molecule has 0 saturated carbocycles. The van der Waals surface area contributed by atoms with Crippen molar-refractivity contribution in [2.45, 2.75) is 25.9 Å². The van der Waals surface area contributed by atoms with Gasteiger partial charge in [-0.3, -0.25) is 0 Å². The van der Waals surface area contributed by atoms with E-state index in [1.165, 1.54) is 6.07 Å². The molecule has 108 valence electrons. The second kappa shape index (κ2) is 7.40. The van der Waals surface area contributed by atoms with E-state index in [0.29, 0.717) is 11.8 Å². The Kier molecular flexibility index (Phi) is 5.86. The zero-order chi connectivity index (χ0) is 15.1. The van der Waals surface area contributed by atoms with Crippen molar-refractivity contribution in [3.05, 3.63) is 34.9 Å². The minimum atomic E-state index is -1.84. The quantitative estimate of drug-likeness (QED) is 0.573. The molecule has 6 nitrogen and oxygen atoms in total. The summed E-state index contributed by atoms with van der Waals surface area (Å²) in [6.07, 6.45) is -0.729. The molecule has 6 heteroatoms. The highest BCUT2D eigenvalue weighted by Gasteiger charge is 2.26. The number of carbonyl (C=O) groups excluding carboxylic acids is 2. The average Bonchev–Trinajstić information content (AvgIpc) is 2.43. The number of carboxylic acids is 1. The molecule has 0 aliphatic carbocycles. The van der Waals surface area contributed by atoms with Crippen LogP contribution in [0, 0.1) is 0 Å². The second-order valence-corrected chi connectivity index (χ2v) is 4.04. The number of benzene rings is 1. The fraction of sp³-hybridized carbons (Fsp3) is 0.357. The molecule has 0 spiro atoms. The van der Waals surface area contributed by atoms with E-state index in [9.17, 15) is 19.5 Å². The van der Waals surface area contributed by atoms with E-state index in [0.717, 1.165) is 0 Å². The molecule has 2 N–H and O–H groups in total. The number of aliphatic hydroxyl groups excluding tert-OH is 1. The van der Waals surface area contributed by atoms with Gasteiger partial charge < -0.3 is 19.7 Å².